The Kier molecular flexibility index (Phi) is 5.87. The third kappa shape index (κ3) is 4.21. The number of aromatic nitrogens is 3. The van der Waals surface area contributed by atoms with Gasteiger partial charge in [0.05, 0.1) is 12.2 Å². The molecule has 0 spiro atoms. The van der Waals surface area contributed by atoms with Crippen LogP contribution in [0.15, 0.2) is 24.3 Å². The van der Waals surface area contributed by atoms with E-state index in [0.29, 0.717) is 5.82 Å². The molecule has 0 bridgehead atoms. The minimum absolute atomic E-state index is 0.0173. The highest BCUT2D eigenvalue weighted by Crippen LogP contribution is 2.23. The molecular weight excluding hydrogens is 324 g/mol. The van der Waals surface area contributed by atoms with Crippen LogP contribution in [-0.4, -0.2) is 51.5 Å². The lowest BCUT2D eigenvalue weighted by Crippen LogP contribution is -2.38. The van der Waals surface area contributed by atoms with E-state index in [-0.39, 0.29) is 18.3 Å². The van der Waals surface area contributed by atoms with Gasteiger partial charge in [-0.25, -0.2) is 14.5 Å². The van der Waals surface area contributed by atoms with Gasteiger partial charge in [0, 0.05) is 7.11 Å². The lowest BCUT2D eigenvalue weighted by molar-refractivity contribution is -0.148. The summed E-state index contributed by atoms with van der Waals surface area (Å²) < 4.78 is 6.40. The number of nitrogens with one attached hydrogen (secondary N) is 1. The predicted octanol–water partition coefficient (Wildman–Crippen LogP) is 1.53. The van der Waals surface area contributed by atoms with E-state index < -0.39 is 18.0 Å². The average Bonchev–Trinajstić information content (AvgIpc) is 2.96. The SMILES string of the molecule is COC(CNC(=O)c1nc(C)n(-c2ccccc2C(C)C)n1)C(=O)O. The summed E-state index contributed by atoms with van der Waals surface area (Å²) in [5, 5.41) is 15.7. The molecule has 1 unspecified atom stereocenters. The van der Waals surface area contributed by atoms with Gasteiger partial charge in [-0.3, -0.25) is 4.79 Å². The Hall–Kier alpha value is -2.74. The zero-order chi connectivity index (χ0) is 18.6. The summed E-state index contributed by atoms with van der Waals surface area (Å²) in [6.45, 7) is 5.75. The number of rotatable bonds is 7. The smallest absolute Gasteiger partial charge is 0.334 e. The summed E-state index contributed by atoms with van der Waals surface area (Å²) in [6, 6.07) is 7.79. The maximum absolute atomic E-state index is 12.2. The molecule has 2 N–H and O–H groups in total. The van der Waals surface area contributed by atoms with E-state index in [2.05, 4.69) is 29.2 Å². The molecule has 1 heterocycles. The van der Waals surface area contributed by atoms with E-state index in [9.17, 15) is 9.59 Å². The van der Waals surface area contributed by atoms with Crippen LogP contribution in [0, 0.1) is 6.92 Å². The van der Waals surface area contributed by atoms with Gasteiger partial charge in [-0.05, 0) is 24.5 Å². The monoisotopic (exact) mass is 346 g/mol. The van der Waals surface area contributed by atoms with Crippen molar-refractivity contribution in [2.24, 2.45) is 0 Å². The number of aliphatic carboxylic acids is 1. The fraction of sp³-hybridized carbons (Fsp3) is 0.412. The van der Waals surface area contributed by atoms with Crippen LogP contribution in [0.1, 0.15) is 41.8 Å². The predicted molar refractivity (Wildman–Crippen MR) is 91.0 cm³/mol. The Morgan fingerprint density at radius 3 is 2.60 bits per heavy atom. The minimum Gasteiger partial charge on any atom is -0.479 e. The number of amides is 1. The van der Waals surface area contributed by atoms with Crippen molar-refractivity contribution in [3.63, 3.8) is 0 Å². The molecule has 8 heteroatoms. The van der Waals surface area contributed by atoms with Crippen LogP contribution in [0.5, 0.6) is 0 Å². The molecule has 0 aliphatic rings. The van der Waals surface area contributed by atoms with Crippen molar-refractivity contribution in [1.82, 2.24) is 20.1 Å². The van der Waals surface area contributed by atoms with Crippen molar-refractivity contribution in [3.05, 3.63) is 41.5 Å². The molecule has 0 radical (unpaired) electrons. The highest BCUT2D eigenvalue weighted by Gasteiger charge is 2.21. The summed E-state index contributed by atoms with van der Waals surface area (Å²) in [5.74, 6) is -0.860. The second-order valence-corrected chi connectivity index (χ2v) is 5.88. The first-order valence-electron chi connectivity index (χ1n) is 7.92. The van der Waals surface area contributed by atoms with Crippen molar-refractivity contribution in [1.29, 1.82) is 0 Å². The number of hydrogen-bond donors (Lipinski definition) is 2. The second-order valence-electron chi connectivity index (χ2n) is 5.88. The number of hydrogen-bond acceptors (Lipinski definition) is 5. The molecule has 1 aromatic heterocycles. The molecule has 2 rings (SSSR count). The number of carboxylic acids is 1. The van der Waals surface area contributed by atoms with Crippen molar-refractivity contribution < 1.29 is 19.4 Å². The molecular formula is C17H22N4O4. The van der Waals surface area contributed by atoms with E-state index in [4.69, 9.17) is 9.84 Å². The Balaban J connectivity index is 2.23. The van der Waals surface area contributed by atoms with Gasteiger partial charge >= 0.3 is 5.97 Å². The van der Waals surface area contributed by atoms with E-state index in [1.54, 1.807) is 11.6 Å². The molecule has 0 aliphatic carbocycles. The lowest BCUT2D eigenvalue weighted by atomic mass is 10.0. The maximum Gasteiger partial charge on any atom is 0.334 e. The van der Waals surface area contributed by atoms with Crippen molar-refractivity contribution in [2.75, 3.05) is 13.7 Å². The van der Waals surface area contributed by atoms with Crippen LogP contribution in [-0.2, 0) is 9.53 Å². The molecule has 134 valence electrons. The third-order valence-corrected chi connectivity index (χ3v) is 3.77. The van der Waals surface area contributed by atoms with Crippen LogP contribution < -0.4 is 5.32 Å². The molecule has 1 atom stereocenters. The van der Waals surface area contributed by atoms with E-state index in [1.165, 1.54) is 7.11 Å². The second kappa shape index (κ2) is 7.89. The zero-order valence-electron chi connectivity index (χ0n) is 14.7. The number of nitrogens with zero attached hydrogens (tertiary/aromatic N) is 3. The molecule has 1 amide bonds. The van der Waals surface area contributed by atoms with Crippen LogP contribution in [0.4, 0.5) is 0 Å². The molecule has 25 heavy (non-hydrogen) atoms. The largest absolute Gasteiger partial charge is 0.479 e. The van der Waals surface area contributed by atoms with E-state index >= 15 is 0 Å². The Labute approximate surface area is 145 Å². The van der Waals surface area contributed by atoms with Crippen molar-refractivity contribution >= 4 is 11.9 Å². The zero-order valence-corrected chi connectivity index (χ0v) is 14.7. The number of carbonyl (C=O) groups is 2. The van der Waals surface area contributed by atoms with Crippen LogP contribution in [0.3, 0.4) is 0 Å². The Bertz CT molecular complexity index is 770. The van der Waals surface area contributed by atoms with Gasteiger partial charge in [-0.15, -0.1) is 5.10 Å². The summed E-state index contributed by atoms with van der Waals surface area (Å²) in [4.78, 5) is 27.3. The van der Waals surface area contributed by atoms with Crippen LogP contribution in [0.25, 0.3) is 5.69 Å². The number of carboxylic acid groups (broad SMARTS) is 1. The molecule has 0 fully saturated rings. The van der Waals surface area contributed by atoms with Gasteiger partial charge in [0.1, 0.15) is 5.82 Å². The number of ether oxygens (including phenoxy) is 1. The number of carbonyl (C=O) groups excluding carboxylic acids is 1. The first-order valence-corrected chi connectivity index (χ1v) is 7.92. The summed E-state index contributed by atoms with van der Waals surface area (Å²) in [5.41, 5.74) is 1.95. The summed E-state index contributed by atoms with van der Waals surface area (Å²) in [6.07, 6.45) is -1.12. The first kappa shape index (κ1) is 18.6. The summed E-state index contributed by atoms with van der Waals surface area (Å²) >= 11 is 0. The molecule has 0 saturated heterocycles. The number of para-hydroxylation sites is 1. The van der Waals surface area contributed by atoms with Crippen LogP contribution in [0.2, 0.25) is 0 Å². The fourth-order valence-electron chi connectivity index (χ4n) is 2.42. The van der Waals surface area contributed by atoms with E-state index in [1.807, 2.05) is 24.3 Å². The molecule has 2 aromatic rings. The van der Waals surface area contributed by atoms with Crippen molar-refractivity contribution in [2.45, 2.75) is 32.8 Å². The first-order chi connectivity index (χ1) is 11.8. The van der Waals surface area contributed by atoms with Gasteiger partial charge < -0.3 is 15.2 Å². The number of methoxy groups -OCH3 is 1. The Morgan fingerprint density at radius 2 is 2.00 bits per heavy atom. The summed E-state index contributed by atoms with van der Waals surface area (Å²) in [7, 11) is 1.27. The lowest BCUT2D eigenvalue weighted by Gasteiger charge is -2.12. The van der Waals surface area contributed by atoms with Crippen molar-refractivity contribution in [3.8, 4) is 5.69 Å². The highest BCUT2D eigenvalue weighted by atomic mass is 16.5. The van der Waals surface area contributed by atoms with Gasteiger partial charge in [-0.2, -0.15) is 0 Å². The molecule has 1 aromatic carbocycles. The highest BCUT2D eigenvalue weighted by molar-refractivity contribution is 5.90. The standard InChI is InChI=1S/C17H22N4O4/c1-10(2)12-7-5-6-8-13(12)21-11(3)19-15(20-21)16(22)18-9-14(25-4)17(23)24/h5-8,10,14H,9H2,1-4H3,(H,18,22)(H,23,24). The third-order valence-electron chi connectivity index (χ3n) is 3.77. The maximum atomic E-state index is 12.2. The molecule has 0 saturated carbocycles. The average molecular weight is 346 g/mol. The normalized spacial score (nSPS) is 12.2. The van der Waals surface area contributed by atoms with Gasteiger partial charge in [0.25, 0.3) is 5.91 Å². The number of aryl methyl sites for hydroxylation is 1. The Morgan fingerprint density at radius 1 is 1.32 bits per heavy atom. The topological polar surface area (TPSA) is 106 Å². The van der Waals surface area contributed by atoms with Gasteiger partial charge in [0.2, 0.25) is 5.82 Å². The van der Waals surface area contributed by atoms with Gasteiger partial charge in [0.15, 0.2) is 6.10 Å². The van der Waals surface area contributed by atoms with Gasteiger partial charge in [-0.1, -0.05) is 32.0 Å². The molecule has 8 nitrogen and oxygen atoms in total. The fourth-order valence-corrected chi connectivity index (χ4v) is 2.42. The molecule has 0 aliphatic heterocycles. The van der Waals surface area contributed by atoms with E-state index in [0.717, 1.165) is 11.3 Å². The quantitative estimate of drug-likeness (QED) is 0.787. The minimum atomic E-state index is -1.15. The van der Waals surface area contributed by atoms with Crippen LogP contribution >= 0.6 is 0 Å². The number of benzene rings is 1.